The van der Waals surface area contributed by atoms with Crippen LogP contribution in [0.2, 0.25) is 0 Å². The van der Waals surface area contributed by atoms with Gasteiger partial charge >= 0.3 is 0 Å². The van der Waals surface area contributed by atoms with Gasteiger partial charge in [0.2, 0.25) is 0 Å². The van der Waals surface area contributed by atoms with Gasteiger partial charge in [0.05, 0.1) is 0 Å². The molecular formula is C29H28F4. The first-order valence-corrected chi connectivity index (χ1v) is 11.6. The largest absolute Gasteiger partial charge is 0.239 e. The number of rotatable bonds is 8. The van der Waals surface area contributed by atoms with Crippen molar-refractivity contribution in [1.29, 1.82) is 0 Å². The van der Waals surface area contributed by atoms with Crippen molar-refractivity contribution in [3.05, 3.63) is 106 Å². The maximum atomic E-state index is 15.4. The lowest BCUT2D eigenvalue weighted by molar-refractivity contribution is 0.160. The number of fused-ring (bicyclic) bond motifs is 3. The molecule has 0 heterocycles. The molecule has 3 aromatic rings. The summed E-state index contributed by atoms with van der Waals surface area (Å²) in [6.07, 6.45) is 1.34. The second kappa shape index (κ2) is 9.94. The minimum absolute atomic E-state index is 0.237. The minimum atomic E-state index is -2.23. The first-order valence-electron chi connectivity index (χ1n) is 11.6. The van der Waals surface area contributed by atoms with Gasteiger partial charge in [-0.1, -0.05) is 68.0 Å². The molecule has 2 atom stereocenters. The minimum Gasteiger partial charge on any atom is -0.239 e. The molecule has 0 saturated heterocycles. The summed E-state index contributed by atoms with van der Waals surface area (Å²) in [7, 11) is 0. The molecule has 3 aromatic carbocycles. The van der Waals surface area contributed by atoms with E-state index in [1.807, 2.05) is 37.3 Å². The number of hydrogen-bond donors (Lipinski definition) is 0. The van der Waals surface area contributed by atoms with Crippen LogP contribution < -0.4 is 0 Å². The summed E-state index contributed by atoms with van der Waals surface area (Å²) >= 11 is 0. The Morgan fingerprint density at radius 3 is 1.67 bits per heavy atom. The zero-order valence-electron chi connectivity index (χ0n) is 18.8. The van der Waals surface area contributed by atoms with Crippen LogP contribution >= 0.6 is 0 Å². The van der Waals surface area contributed by atoms with E-state index in [1.54, 1.807) is 24.3 Å². The smallest absolute Gasteiger partial charge is 0.164 e. The third kappa shape index (κ3) is 4.48. The van der Waals surface area contributed by atoms with Crippen LogP contribution in [-0.2, 0) is 25.7 Å². The van der Waals surface area contributed by atoms with Gasteiger partial charge in [-0.05, 0) is 65.5 Å². The van der Waals surface area contributed by atoms with Crippen molar-refractivity contribution in [2.75, 3.05) is 0 Å². The SMILES string of the molecule is C=CCCc1ccc(CCc2ccc3c(c2F)C(F)C(F)c2c-3ccc(CCC)c2F)cc1. The predicted molar refractivity (Wildman–Crippen MR) is 126 cm³/mol. The molecule has 4 rings (SSSR count). The summed E-state index contributed by atoms with van der Waals surface area (Å²) in [4.78, 5) is 0. The van der Waals surface area contributed by atoms with E-state index >= 15 is 13.2 Å². The number of benzene rings is 3. The fraction of sp³-hybridized carbons (Fsp3) is 0.310. The molecule has 172 valence electrons. The molecule has 0 aromatic heterocycles. The number of allylic oxidation sites excluding steroid dienone is 1. The summed E-state index contributed by atoms with van der Waals surface area (Å²) in [5, 5.41) is 0. The fourth-order valence-electron chi connectivity index (χ4n) is 4.65. The third-order valence-corrected chi connectivity index (χ3v) is 6.48. The highest BCUT2D eigenvalue weighted by Crippen LogP contribution is 2.51. The molecule has 0 aliphatic heterocycles. The summed E-state index contributed by atoms with van der Waals surface area (Å²) in [6, 6.07) is 14.5. The van der Waals surface area contributed by atoms with Crippen LogP contribution in [0, 0.1) is 11.6 Å². The normalized spacial score (nSPS) is 16.9. The molecule has 1 aliphatic carbocycles. The van der Waals surface area contributed by atoms with Crippen molar-refractivity contribution >= 4 is 0 Å². The van der Waals surface area contributed by atoms with Crippen LogP contribution in [0.3, 0.4) is 0 Å². The lowest BCUT2D eigenvalue weighted by atomic mass is 9.80. The van der Waals surface area contributed by atoms with Crippen LogP contribution in [0.5, 0.6) is 0 Å². The van der Waals surface area contributed by atoms with Crippen LogP contribution in [0.25, 0.3) is 11.1 Å². The maximum absolute atomic E-state index is 15.4. The molecule has 33 heavy (non-hydrogen) atoms. The number of aryl methyl sites for hydroxylation is 4. The van der Waals surface area contributed by atoms with E-state index in [9.17, 15) is 4.39 Å². The van der Waals surface area contributed by atoms with Gasteiger partial charge in [-0.25, -0.2) is 17.6 Å². The van der Waals surface area contributed by atoms with Gasteiger partial charge in [0.15, 0.2) is 12.3 Å². The van der Waals surface area contributed by atoms with E-state index in [2.05, 4.69) is 6.58 Å². The monoisotopic (exact) mass is 452 g/mol. The Hall–Kier alpha value is -2.88. The topological polar surface area (TPSA) is 0 Å². The van der Waals surface area contributed by atoms with Crippen LogP contribution in [-0.4, -0.2) is 0 Å². The van der Waals surface area contributed by atoms with Crippen molar-refractivity contribution < 1.29 is 17.6 Å². The fourth-order valence-corrected chi connectivity index (χ4v) is 4.65. The average molecular weight is 453 g/mol. The van der Waals surface area contributed by atoms with Crippen LogP contribution in [0.1, 0.15) is 65.5 Å². The number of hydrogen-bond acceptors (Lipinski definition) is 0. The molecule has 0 nitrogen and oxygen atoms in total. The van der Waals surface area contributed by atoms with Crippen molar-refractivity contribution in [3.63, 3.8) is 0 Å². The van der Waals surface area contributed by atoms with Crippen LogP contribution in [0.15, 0.2) is 61.2 Å². The molecule has 2 unspecified atom stereocenters. The quantitative estimate of drug-likeness (QED) is 0.237. The Morgan fingerprint density at radius 2 is 1.18 bits per heavy atom. The van der Waals surface area contributed by atoms with Crippen LogP contribution in [0.4, 0.5) is 17.6 Å². The van der Waals surface area contributed by atoms with Gasteiger partial charge in [0.25, 0.3) is 0 Å². The summed E-state index contributed by atoms with van der Waals surface area (Å²) in [5.74, 6) is -1.44. The Balaban J connectivity index is 1.61. The van der Waals surface area contributed by atoms with Gasteiger partial charge in [-0.15, -0.1) is 6.58 Å². The Bertz CT molecular complexity index is 1150. The Kier molecular flexibility index (Phi) is 7.02. The summed E-state index contributed by atoms with van der Waals surface area (Å²) in [6.45, 7) is 5.62. The predicted octanol–water partition coefficient (Wildman–Crippen LogP) is 8.52. The second-order valence-corrected chi connectivity index (χ2v) is 8.70. The molecule has 1 aliphatic rings. The highest BCUT2D eigenvalue weighted by atomic mass is 19.2. The van der Waals surface area contributed by atoms with Gasteiger partial charge in [0.1, 0.15) is 11.6 Å². The van der Waals surface area contributed by atoms with Gasteiger partial charge in [-0.2, -0.15) is 0 Å². The van der Waals surface area contributed by atoms with E-state index in [-0.39, 0.29) is 22.3 Å². The summed E-state index contributed by atoms with van der Waals surface area (Å²) < 4.78 is 60.4. The van der Waals surface area contributed by atoms with Crippen molar-refractivity contribution in [2.24, 2.45) is 0 Å². The molecule has 0 saturated carbocycles. The molecule has 4 heteroatoms. The molecular weight excluding hydrogens is 424 g/mol. The standard InChI is InChI=1S/C29H28F4/c1-3-5-7-18-8-10-19(11-9-18)12-13-21-15-17-23-22-16-14-20(6-4-2)26(30)24(22)28(32)29(33)25(23)27(21)31/h3,8-11,14-17,28-29H,1,4-7,12-13H2,2H3. The van der Waals surface area contributed by atoms with Crippen molar-refractivity contribution in [1.82, 2.24) is 0 Å². The highest BCUT2D eigenvalue weighted by molar-refractivity contribution is 5.76. The van der Waals surface area contributed by atoms with Crippen molar-refractivity contribution in [2.45, 2.75) is 57.8 Å². The van der Waals surface area contributed by atoms with Gasteiger partial charge in [0, 0.05) is 11.1 Å². The first-order chi connectivity index (χ1) is 16.0. The average Bonchev–Trinajstić information content (AvgIpc) is 2.82. The summed E-state index contributed by atoms with van der Waals surface area (Å²) in [5.41, 5.74) is 2.85. The van der Waals surface area contributed by atoms with E-state index < -0.39 is 24.0 Å². The van der Waals surface area contributed by atoms with Gasteiger partial charge < -0.3 is 0 Å². The Morgan fingerprint density at radius 1 is 0.697 bits per heavy atom. The lowest BCUT2D eigenvalue weighted by Crippen LogP contribution is -2.17. The van der Waals surface area contributed by atoms with E-state index in [0.29, 0.717) is 36.8 Å². The molecule has 0 amide bonds. The maximum Gasteiger partial charge on any atom is 0.164 e. The highest BCUT2D eigenvalue weighted by Gasteiger charge is 2.39. The molecule has 0 fully saturated rings. The molecule has 0 radical (unpaired) electrons. The first kappa shape index (κ1) is 23.3. The van der Waals surface area contributed by atoms with E-state index in [4.69, 9.17) is 0 Å². The number of halogens is 4. The molecule has 0 spiro atoms. The lowest BCUT2D eigenvalue weighted by Gasteiger charge is -2.28. The molecule has 0 N–H and O–H groups in total. The Labute approximate surface area is 193 Å². The number of alkyl halides is 2. The van der Waals surface area contributed by atoms with Crippen molar-refractivity contribution in [3.8, 4) is 11.1 Å². The zero-order valence-corrected chi connectivity index (χ0v) is 18.8. The molecule has 0 bridgehead atoms. The second-order valence-electron chi connectivity index (χ2n) is 8.70. The third-order valence-electron chi connectivity index (χ3n) is 6.48. The van der Waals surface area contributed by atoms with E-state index in [0.717, 1.165) is 18.4 Å². The zero-order chi connectivity index (χ0) is 23.5. The van der Waals surface area contributed by atoms with Gasteiger partial charge in [-0.3, -0.25) is 0 Å². The van der Waals surface area contributed by atoms with E-state index in [1.165, 1.54) is 5.56 Å².